The van der Waals surface area contributed by atoms with Crippen LogP contribution in [-0.4, -0.2) is 192 Å². The first-order chi connectivity index (χ1) is 28.1. The number of carboxylic acids is 1. The maximum absolute atomic E-state index is 11.7. The number of esters is 1. The summed E-state index contributed by atoms with van der Waals surface area (Å²) in [6.45, 7) is 3.05. The van der Waals surface area contributed by atoms with Crippen LogP contribution in [-0.2, 0) is 42.7 Å². The van der Waals surface area contributed by atoms with E-state index in [1.807, 2.05) is 0 Å². The number of carbonyl (C=O) groups excluding carboxylic acids is 1. The van der Waals surface area contributed by atoms with E-state index < -0.39 is 142 Å². The Bertz CT molecular complexity index is 1290. The van der Waals surface area contributed by atoms with Gasteiger partial charge in [0.05, 0.1) is 25.9 Å². The van der Waals surface area contributed by atoms with Crippen LogP contribution in [0, 0.1) is 5.92 Å². The molecular weight excluding hydrogens is 788 g/mol. The van der Waals surface area contributed by atoms with Crippen LogP contribution in [0.25, 0.3) is 0 Å². The lowest BCUT2D eigenvalue weighted by atomic mass is 9.93. The van der Waals surface area contributed by atoms with Crippen LogP contribution in [0.2, 0.25) is 0 Å². The first-order valence-electron chi connectivity index (χ1n) is 20.8. The van der Waals surface area contributed by atoms with Gasteiger partial charge in [-0.15, -0.1) is 0 Å². The second-order valence-corrected chi connectivity index (χ2v) is 16.0. The van der Waals surface area contributed by atoms with Gasteiger partial charge in [0.15, 0.2) is 18.9 Å². The highest BCUT2D eigenvalue weighted by molar-refractivity contribution is 5.97. The third-order valence-electron chi connectivity index (χ3n) is 11.6. The number of aliphatic hydroxyl groups excluding tert-OH is 10. The molecule has 20 nitrogen and oxygen atoms in total. The Balaban J connectivity index is 1.25. The standard InChI is InChI=1S/C39H66O20/c1-19(14-12-10-8-6-4-3-5-7-9-11-13-15-21-25(35(50)51)20(2)36(52)54-21)53-39-34(59-38-32(49)30(47)27(44)23(17-41)56-38)33(28(45)24(18-42)57-39)58-37-31(48)29(46)26(43)22(16-40)55-37/h19,21-34,37-49H,2-18H2,1H3,(H,50,51)/t19-,21+,22?,23?,24?,25+,26?,27?,28?,29?,30?,31?,32?,33?,34?,37?,38?,39?/m1/s1. The fourth-order valence-electron chi connectivity index (χ4n) is 7.95. The molecule has 0 amide bonds. The van der Waals surface area contributed by atoms with Gasteiger partial charge in [-0.2, -0.15) is 0 Å². The Morgan fingerprint density at radius 1 is 0.593 bits per heavy atom. The molecule has 11 N–H and O–H groups in total. The minimum Gasteiger partial charge on any atom is -0.481 e. The average Bonchev–Trinajstić information content (AvgIpc) is 3.50. The summed E-state index contributed by atoms with van der Waals surface area (Å²) in [7, 11) is 0. The summed E-state index contributed by atoms with van der Waals surface area (Å²) < 4.78 is 40.2. The zero-order chi connectivity index (χ0) is 43.4. The number of carboxylic acid groups (broad SMARTS) is 1. The number of hydrogen-bond donors (Lipinski definition) is 11. The van der Waals surface area contributed by atoms with Gasteiger partial charge in [-0.25, -0.2) is 4.79 Å². The van der Waals surface area contributed by atoms with E-state index in [1.54, 1.807) is 6.92 Å². The third kappa shape index (κ3) is 13.0. The molecule has 4 aliphatic heterocycles. The van der Waals surface area contributed by atoms with E-state index >= 15 is 0 Å². The number of carbonyl (C=O) groups is 2. The van der Waals surface area contributed by atoms with Crippen molar-refractivity contribution in [1.82, 2.24) is 0 Å². The van der Waals surface area contributed by atoms with E-state index in [9.17, 15) is 65.8 Å². The molecule has 4 fully saturated rings. The van der Waals surface area contributed by atoms with Gasteiger partial charge in [0.2, 0.25) is 0 Å². The van der Waals surface area contributed by atoms with Gasteiger partial charge in [0.1, 0.15) is 85.3 Å². The lowest BCUT2D eigenvalue weighted by Crippen LogP contribution is -2.67. The Morgan fingerprint density at radius 2 is 1.02 bits per heavy atom. The predicted octanol–water partition coefficient (Wildman–Crippen LogP) is -1.91. The number of unbranched alkanes of at least 4 members (excludes halogenated alkanes) is 10. The van der Waals surface area contributed by atoms with Gasteiger partial charge in [-0.05, 0) is 26.2 Å². The molecule has 18 atom stereocenters. The van der Waals surface area contributed by atoms with Gasteiger partial charge in [-0.1, -0.05) is 70.8 Å². The molecule has 4 aliphatic rings. The molecule has 0 aromatic heterocycles. The van der Waals surface area contributed by atoms with Crippen molar-refractivity contribution in [2.45, 2.75) is 195 Å². The highest BCUT2D eigenvalue weighted by atomic mass is 16.8. The van der Waals surface area contributed by atoms with Gasteiger partial charge in [-0.3, -0.25) is 4.79 Å². The van der Waals surface area contributed by atoms with Crippen molar-refractivity contribution >= 4 is 11.9 Å². The van der Waals surface area contributed by atoms with Crippen LogP contribution in [0.3, 0.4) is 0 Å². The van der Waals surface area contributed by atoms with Crippen LogP contribution < -0.4 is 0 Å². The van der Waals surface area contributed by atoms with Gasteiger partial charge < -0.3 is 89.3 Å². The zero-order valence-electron chi connectivity index (χ0n) is 33.5. The number of hydrogen-bond acceptors (Lipinski definition) is 19. The van der Waals surface area contributed by atoms with Crippen molar-refractivity contribution < 1.29 is 98.9 Å². The van der Waals surface area contributed by atoms with Gasteiger partial charge >= 0.3 is 11.9 Å². The summed E-state index contributed by atoms with van der Waals surface area (Å²) in [6, 6.07) is 0. The van der Waals surface area contributed by atoms with Crippen molar-refractivity contribution in [2.75, 3.05) is 19.8 Å². The molecule has 4 saturated heterocycles. The van der Waals surface area contributed by atoms with Crippen LogP contribution in [0.4, 0.5) is 0 Å². The van der Waals surface area contributed by atoms with Gasteiger partial charge in [0, 0.05) is 5.57 Å². The maximum Gasteiger partial charge on any atom is 0.334 e. The van der Waals surface area contributed by atoms with E-state index in [0.29, 0.717) is 12.8 Å². The highest BCUT2D eigenvalue weighted by Gasteiger charge is 2.55. The molecule has 0 bridgehead atoms. The predicted molar refractivity (Wildman–Crippen MR) is 200 cm³/mol. The minimum atomic E-state index is -1.89. The first-order valence-corrected chi connectivity index (χ1v) is 20.8. The van der Waals surface area contributed by atoms with E-state index in [1.165, 1.54) is 0 Å². The topological polar surface area (TPSA) is 321 Å². The largest absolute Gasteiger partial charge is 0.481 e. The Labute approximate surface area is 343 Å². The fraction of sp³-hybridized carbons (Fsp3) is 0.897. The number of cyclic esters (lactones) is 1. The molecule has 342 valence electrons. The van der Waals surface area contributed by atoms with Crippen LogP contribution in [0.15, 0.2) is 12.2 Å². The summed E-state index contributed by atoms with van der Waals surface area (Å²) in [6.07, 6.45) is -14.2. The quantitative estimate of drug-likeness (QED) is 0.0287. The van der Waals surface area contributed by atoms with Crippen LogP contribution in [0.1, 0.15) is 90.4 Å². The van der Waals surface area contributed by atoms with Crippen LogP contribution >= 0.6 is 0 Å². The first kappa shape index (κ1) is 49.7. The van der Waals surface area contributed by atoms with Crippen molar-refractivity contribution in [3.05, 3.63) is 12.2 Å². The molecule has 4 rings (SSSR count). The zero-order valence-corrected chi connectivity index (χ0v) is 33.5. The average molecular weight is 855 g/mol. The Hall–Kier alpha value is -1.96. The smallest absolute Gasteiger partial charge is 0.334 e. The number of aliphatic hydroxyl groups is 10. The van der Waals surface area contributed by atoms with Crippen molar-refractivity contribution in [3.63, 3.8) is 0 Å². The Morgan fingerprint density at radius 3 is 1.49 bits per heavy atom. The number of rotatable bonds is 24. The molecule has 0 aliphatic carbocycles. The molecular formula is C39H66O20. The monoisotopic (exact) mass is 854 g/mol. The van der Waals surface area contributed by atoms with E-state index in [2.05, 4.69) is 6.58 Å². The van der Waals surface area contributed by atoms with E-state index in [0.717, 1.165) is 70.6 Å². The molecule has 0 saturated carbocycles. The molecule has 0 spiro atoms. The summed E-state index contributed by atoms with van der Waals surface area (Å²) in [5.41, 5.74) is 0.00744. The molecule has 0 aromatic rings. The highest BCUT2D eigenvalue weighted by Crippen LogP contribution is 2.35. The number of ether oxygens (including phenoxy) is 7. The lowest BCUT2D eigenvalue weighted by molar-refractivity contribution is -0.394. The Kier molecular flexibility index (Phi) is 20.2. The summed E-state index contributed by atoms with van der Waals surface area (Å²) in [5, 5.41) is 113. The van der Waals surface area contributed by atoms with Crippen molar-refractivity contribution in [1.29, 1.82) is 0 Å². The second kappa shape index (κ2) is 24.0. The summed E-state index contributed by atoms with van der Waals surface area (Å²) in [5.74, 6) is -2.69. The fourth-order valence-corrected chi connectivity index (χ4v) is 7.95. The third-order valence-corrected chi connectivity index (χ3v) is 11.6. The molecule has 4 heterocycles. The molecule has 15 unspecified atom stereocenters. The maximum atomic E-state index is 11.7. The van der Waals surface area contributed by atoms with Crippen molar-refractivity contribution in [2.24, 2.45) is 5.92 Å². The van der Waals surface area contributed by atoms with Crippen molar-refractivity contribution in [3.8, 4) is 0 Å². The second-order valence-electron chi connectivity index (χ2n) is 16.0. The van der Waals surface area contributed by atoms with E-state index in [-0.39, 0.29) is 5.57 Å². The summed E-state index contributed by atoms with van der Waals surface area (Å²) in [4.78, 5) is 23.1. The van der Waals surface area contributed by atoms with E-state index in [4.69, 9.17) is 33.2 Å². The minimum absolute atomic E-state index is 0.00744. The lowest BCUT2D eigenvalue weighted by Gasteiger charge is -2.49. The summed E-state index contributed by atoms with van der Waals surface area (Å²) >= 11 is 0. The molecule has 59 heavy (non-hydrogen) atoms. The SMILES string of the molecule is C=C1C(=O)O[C@@H](CCCCCCCCCCCCC[C@@H](C)OC2OC(CO)C(O)C(OC3OC(CO)C(O)C(O)C3O)C2OC2OC(CO)C(O)C(O)C2O)[C@H]1C(=O)O. The van der Waals surface area contributed by atoms with Gasteiger partial charge in [0.25, 0.3) is 0 Å². The number of aliphatic carboxylic acids is 1. The molecule has 0 radical (unpaired) electrons. The molecule has 20 heteroatoms. The normalized spacial score (nSPS) is 39.6. The molecule has 0 aromatic carbocycles. The van der Waals surface area contributed by atoms with Crippen LogP contribution in [0.5, 0.6) is 0 Å².